The molecule has 8 nitrogen and oxygen atoms in total. The van der Waals surface area contributed by atoms with Crippen molar-refractivity contribution < 1.29 is 41.4 Å². The summed E-state index contributed by atoms with van der Waals surface area (Å²) < 4.78 is 72.6. The number of benzene rings is 1. The molecule has 14 heteroatoms. The number of halogens is 6. The zero-order valence-electron chi connectivity index (χ0n) is 17.8. The van der Waals surface area contributed by atoms with Crippen LogP contribution in [-0.2, 0) is 0 Å². The van der Waals surface area contributed by atoms with Crippen molar-refractivity contribution >= 4 is 35.0 Å². The monoisotopic (exact) mass is 510 g/mol. The van der Waals surface area contributed by atoms with Gasteiger partial charge in [0.05, 0.1) is 17.3 Å². The molecule has 0 bridgehead atoms. The van der Waals surface area contributed by atoms with E-state index in [1.807, 2.05) is 10.6 Å². The first-order chi connectivity index (χ1) is 15.9. The highest BCUT2D eigenvalue weighted by molar-refractivity contribution is 6.34. The van der Waals surface area contributed by atoms with Crippen LogP contribution in [0.1, 0.15) is 24.2 Å². The smallest absolute Gasteiger partial charge is 0.425 e. The van der Waals surface area contributed by atoms with Gasteiger partial charge in [0.25, 0.3) is 5.91 Å². The molecule has 1 atom stereocenters. The molecular formula is C20H20ClF5N4O4. The molecule has 3 N–H and O–H groups in total. The number of urea groups is 1. The van der Waals surface area contributed by atoms with Gasteiger partial charge in [-0.3, -0.25) is 10.1 Å². The normalized spacial score (nSPS) is 12.1. The molecule has 2 rings (SSSR count). The van der Waals surface area contributed by atoms with Crippen LogP contribution in [0.4, 0.5) is 38.3 Å². The lowest BCUT2D eigenvalue weighted by atomic mass is 10.2. The van der Waals surface area contributed by atoms with E-state index in [1.165, 1.54) is 12.1 Å². The van der Waals surface area contributed by atoms with Crippen LogP contribution in [0.5, 0.6) is 5.88 Å². The molecule has 0 aliphatic heterocycles. The van der Waals surface area contributed by atoms with E-state index in [0.717, 1.165) is 11.0 Å². The molecule has 1 aromatic carbocycles. The number of ether oxygens (including phenoxy) is 1. The maximum Gasteiger partial charge on any atom is 0.425 e. The van der Waals surface area contributed by atoms with Crippen molar-refractivity contribution in [3.05, 3.63) is 46.5 Å². The Morgan fingerprint density at radius 2 is 1.91 bits per heavy atom. The quantitative estimate of drug-likeness (QED) is 0.456. The Morgan fingerprint density at radius 1 is 1.24 bits per heavy atom. The summed E-state index contributed by atoms with van der Waals surface area (Å²) in [4.78, 5) is 29.5. The number of likely N-dealkylation sites (N-methyl/N-ethyl adjacent to an activating group) is 1. The average Bonchev–Trinajstić information content (AvgIpc) is 2.75. The predicted octanol–water partition coefficient (Wildman–Crippen LogP) is 4.44. The van der Waals surface area contributed by atoms with Gasteiger partial charge in [-0.25, -0.2) is 13.6 Å². The maximum atomic E-state index is 14.7. The van der Waals surface area contributed by atoms with Crippen LogP contribution in [0.2, 0.25) is 5.02 Å². The zero-order valence-corrected chi connectivity index (χ0v) is 18.6. The van der Waals surface area contributed by atoms with Gasteiger partial charge in [0.2, 0.25) is 5.88 Å². The molecule has 2 aromatic rings. The Morgan fingerprint density at radius 3 is 2.47 bits per heavy atom. The van der Waals surface area contributed by atoms with Gasteiger partial charge in [-0.05, 0) is 32.0 Å². The third-order valence-corrected chi connectivity index (χ3v) is 4.72. The lowest BCUT2D eigenvalue weighted by Crippen LogP contribution is -2.37. The third-order valence-electron chi connectivity index (χ3n) is 4.40. The molecule has 1 aromatic heterocycles. The molecule has 3 amide bonds. The van der Waals surface area contributed by atoms with E-state index in [9.17, 15) is 31.5 Å². The maximum absolute atomic E-state index is 14.7. The third kappa shape index (κ3) is 6.67. The number of alkyl halides is 3. The largest absolute Gasteiger partial charge is 0.464 e. The summed E-state index contributed by atoms with van der Waals surface area (Å²) in [6.07, 6.45) is -7.35. The van der Waals surface area contributed by atoms with Gasteiger partial charge < -0.3 is 20.1 Å². The first-order valence-corrected chi connectivity index (χ1v) is 10.1. The van der Waals surface area contributed by atoms with Crippen LogP contribution < -0.4 is 15.4 Å². The van der Waals surface area contributed by atoms with Crippen LogP contribution >= 0.6 is 11.6 Å². The average molecular weight is 511 g/mol. The van der Waals surface area contributed by atoms with Gasteiger partial charge in [-0.1, -0.05) is 17.7 Å². The van der Waals surface area contributed by atoms with E-state index < -0.39 is 65.4 Å². The highest BCUT2D eigenvalue weighted by Crippen LogP contribution is 2.31. The van der Waals surface area contributed by atoms with Crippen molar-refractivity contribution in [1.29, 1.82) is 0 Å². The van der Waals surface area contributed by atoms with Crippen molar-refractivity contribution in [2.75, 3.05) is 30.3 Å². The Bertz CT molecular complexity index is 1030. The van der Waals surface area contributed by atoms with Gasteiger partial charge in [0.1, 0.15) is 11.4 Å². The molecule has 0 aliphatic carbocycles. The number of aliphatic hydroxyl groups is 1. The Balaban J connectivity index is 2.47. The van der Waals surface area contributed by atoms with Gasteiger partial charge >= 0.3 is 12.2 Å². The van der Waals surface area contributed by atoms with Gasteiger partial charge in [0.15, 0.2) is 17.7 Å². The summed E-state index contributed by atoms with van der Waals surface area (Å²) >= 11 is 5.83. The number of nitrogens with zero attached hydrogens (tertiary/aromatic N) is 2. The molecule has 0 fully saturated rings. The second-order valence-corrected chi connectivity index (χ2v) is 7.16. The van der Waals surface area contributed by atoms with Crippen LogP contribution in [0.25, 0.3) is 0 Å². The molecule has 0 spiro atoms. The molecule has 0 saturated carbocycles. The number of carbonyl (C=O) groups excluding carboxylic acids is 2. The van der Waals surface area contributed by atoms with E-state index >= 15 is 0 Å². The van der Waals surface area contributed by atoms with E-state index in [2.05, 4.69) is 4.98 Å². The van der Waals surface area contributed by atoms with Crippen molar-refractivity contribution in [1.82, 2.24) is 9.88 Å². The number of hydrogen-bond acceptors (Lipinski definition) is 5. The number of nitrogens with one attached hydrogen (secondary N) is 2. The number of carbonyl (C=O) groups is 2. The second-order valence-electron chi connectivity index (χ2n) is 6.76. The summed E-state index contributed by atoms with van der Waals surface area (Å²) in [6.45, 7) is 1.81. The molecule has 0 unspecified atom stereocenters. The Kier molecular flexibility index (Phi) is 8.99. The van der Waals surface area contributed by atoms with Crippen molar-refractivity contribution in [2.24, 2.45) is 0 Å². The zero-order chi connectivity index (χ0) is 25.6. The molecule has 0 aliphatic rings. The van der Waals surface area contributed by atoms with Crippen molar-refractivity contribution in [2.45, 2.75) is 26.1 Å². The minimum atomic E-state index is -4.87. The number of amides is 3. The van der Waals surface area contributed by atoms with E-state index in [0.29, 0.717) is 13.0 Å². The van der Waals surface area contributed by atoms with E-state index in [-0.39, 0.29) is 18.1 Å². The first-order valence-electron chi connectivity index (χ1n) is 9.75. The van der Waals surface area contributed by atoms with Crippen molar-refractivity contribution in [3.8, 4) is 5.88 Å². The number of aromatic nitrogens is 1. The number of para-hydroxylation sites is 1. The van der Waals surface area contributed by atoms with E-state index in [4.69, 9.17) is 21.4 Å². The summed E-state index contributed by atoms with van der Waals surface area (Å²) in [5.74, 6) is -5.31. The second kappa shape index (κ2) is 11.3. The van der Waals surface area contributed by atoms with Crippen molar-refractivity contribution in [3.63, 3.8) is 0 Å². The number of hydrogen-bond donors (Lipinski definition) is 3. The highest BCUT2D eigenvalue weighted by atomic mass is 35.5. The van der Waals surface area contributed by atoms with E-state index in [1.54, 1.807) is 6.92 Å². The predicted molar refractivity (Wildman–Crippen MR) is 113 cm³/mol. The highest BCUT2D eigenvalue weighted by Gasteiger charge is 2.39. The fraction of sp³-hybridized carbons (Fsp3) is 0.350. The van der Waals surface area contributed by atoms with Gasteiger partial charge in [0, 0.05) is 13.1 Å². The van der Waals surface area contributed by atoms with Crippen LogP contribution in [0.3, 0.4) is 0 Å². The first kappa shape index (κ1) is 27.1. The molecule has 186 valence electrons. The minimum Gasteiger partial charge on any atom is -0.464 e. The van der Waals surface area contributed by atoms with Crippen LogP contribution in [0, 0.1) is 11.6 Å². The Labute approximate surface area is 195 Å². The standard InChI is InChI=1S/C20H20ClF5N4O4/c1-3-30(7-8-31)19(33)29-16-14(23)9-11(18(28-16)34-10(2)20(24,25)26)17(32)27-15-12(21)5-4-6-13(15)22/h4-6,9-10,31H,3,7-8H2,1-2H3,(H,27,32)(H,28,29,33)/t10-/m0/s1. The topological polar surface area (TPSA) is 104 Å². The number of aliphatic hydroxyl groups excluding tert-OH is 1. The fourth-order valence-corrected chi connectivity index (χ4v) is 2.76. The molecule has 1 heterocycles. The summed E-state index contributed by atoms with van der Waals surface area (Å²) in [7, 11) is 0. The number of rotatable bonds is 8. The summed E-state index contributed by atoms with van der Waals surface area (Å²) in [5, 5.41) is 12.9. The molecule has 34 heavy (non-hydrogen) atoms. The SMILES string of the molecule is CCN(CCO)C(=O)Nc1nc(O[C@@H](C)C(F)(F)F)c(C(=O)Nc2c(F)cccc2Cl)cc1F. The van der Waals surface area contributed by atoms with Crippen LogP contribution in [-0.4, -0.2) is 58.9 Å². The number of anilines is 2. The van der Waals surface area contributed by atoms with Crippen LogP contribution in [0.15, 0.2) is 24.3 Å². The molecule has 0 radical (unpaired) electrons. The summed E-state index contributed by atoms with van der Waals surface area (Å²) in [6, 6.07) is 3.03. The molecule has 0 saturated heterocycles. The lowest BCUT2D eigenvalue weighted by molar-refractivity contribution is -0.190. The van der Waals surface area contributed by atoms with Gasteiger partial charge in [-0.2, -0.15) is 18.2 Å². The fourth-order valence-electron chi connectivity index (χ4n) is 2.55. The summed E-state index contributed by atoms with van der Waals surface area (Å²) in [5.41, 5.74) is -1.31. The minimum absolute atomic E-state index is 0.109. The molecular weight excluding hydrogens is 491 g/mol. The Hall–Kier alpha value is -3.19. The lowest BCUT2D eigenvalue weighted by Gasteiger charge is -2.22. The number of pyridine rings is 1. The van der Waals surface area contributed by atoms with Gasteiger partial charge in [-0.15, -0.1) is 0 Å².